The molecule has 1 aromatic rings. The molecule has 0 amide bonds. The summed E-state index contributed by atoms with van der Waals surface area (Å²) in [5.74, 6) is 0. The van der Waals surface area contributed by atoms with Gasteiger partial charge in [-0.3, -0.25) is 0 Å². The van der Waals surface area contributed by atoms with Crippen LogP contribution in [-0.2, 0) is 6.54 Å². The third-order valence-electron chi connectivity index (χ3n) is 4.95. The molecule has 34 heavy (non-hydrogen) atoms. The lowest BCUT2D eigenvalue weighted by atomic mass is 10.0. The number of nitrogens with zero attached hydrogens (tertiary/aromatic N) is 1. The van der Waals surface area contributed by atoms with Crippen LogP contribution in [0.5, 0.6) is 0 Å². The molecule has 0 saturated carbocycles. The first-order valence-electron chi connectivity index (χ1n) is 12.9. The normalized spacial score (nSPS) is 11.0. The smallest absolute Gasteiger partial charge is 0.0474 e. The summed E-state index contributed by atoms with van der Waals surface area (Å²) in [6.45, 7) is 37.6. The van der Waals surface area contributed by atoms with E-state index >= 15 is 0 Å². The second-order valence-electron chi connectivity index (χ2n) is 7.99. The van der Waals surface area contributed by atoms with Crippen molar-refractivity contribution in [1.29, 1.82) is 0 Å². The summed E-state index contributed by atoms with van der Waals surface area (Å²) in [4.78, 5) is 2.28. The standard InChI is InChI=1S/C16H23N.C13H20.2C2H6/c1-6-14(4)17(15(5)7-2)12-16-10-8-13(3)9-11-16;1-7-12(6)9-13(11(4)5)8-10(2)3;2*1-2/h7-11H,4,6,12H2,1-3,5H3;8-9H,2,4,7H2,1,3,5-6H3;2*1-2H3/b15-7-;12-9+,13-8+;;. The first kappa shape index (κ1) is 36.0. The van der Waals surface area contributed by atoms with Crippen LogP contribution >= 0.6 is 0 Å². The largest absolute Gasteiger partial charge is 0.345 e. The summed E-state index contributed by atoms with van der Waals surface area (Å²) in [6.07, 6.45) is 8.45. The van der Waals surface area contributed by atoms with Gasteiger partial charge in [0.15, 0.2) is 0 Å². The average Bonchev–Trinajstić information content (AvgIpc) is 2.84. The van der Waals surface area contributed by atoms with Crippen molar-refractivity contribution in [3.05, 3.63) is 107 Å². The molecule has 0 N–H and O–H groups in total. The Labute approximate surface area is 214 Å². The monoisotopic (exact) mass is 465 g/mol. The fraction of sp³-hybridized carbons (Fsp3) is 0.455. The summed E-state index contributed by atoms with van der Waals surface area (Å²) in [7, 11) is 0. The minimum Gasteiger partial charge on any atom is -0.345 e. The molecule has 0 aliphatic rings. The second kappa shape index (κ2) is 22.3. The predicted molar refractivity (Wildman–Crippen MR) is 160 cm³/mol. The molecule has 0 unspecified atom stereocenters. The van der Waals surface area contributed by atoms with Crippen molar-refractivity contribution in [2.75, 3.05) is 0 Å². The van der Waals surface area contributed by atoms with E-state index in [2.05, 4.69) is 109 Å². The Bertz CT molecular complexity index is 797. The molecule has 0 aromatic heterocycles. The Morgan fingerprint density at radius 2 is 1.32 bits per heavy atom. The molecule has 1 aromatic carbocycles. The molecule has 0 heterocycles. The number of aryl methyl sites for hydroxylation is 1. The van der Waals surface area contributed by atoms with E-state index in [4.69, 9.17) is 0 Å². The fourth-order valence-corrected chi connectivity index (χ4v) is 2.63. The van der Waals surface area contributed by atoms with Crippen molar-refractivity contribution in [3.8, 4) is 0 Å². The lowest BCUT2D eigenvalue weighted by Crippen LogP contribution is -2.19. The van der Waals surface area contributed by atoms with E-state index in [-0.39, 0.29) is 0 Å². The van der Waals surface area contributed by atoms with Crippen LogP contribution < -0.4 is 0 Å². The van der Waals surface area contributed by atoms with Crippen LogP contribution in [0.3, 0.4) is 0 Å². The summed E-state index contributed by atoms with van der Waals surface area (Å²) in [5, 5.41) is 0. The van der Waals surface area contributed by atoms with Gasteiger partial charge >= 0.3 is 0 Å². The average molecular weight is 466 g/mol. The van der Waals surface area contributed by atoms with Crippen LogP contribution in [0, 0.1) is 6.92 Å². The molecule has 1 nitrogen and oxygen atoms in total. The molecule has 192 valence electrons. The summed E-state index contributed by atoms with van der Waals surface area (Å²) in [5.41, 5.74) is 9.78. The Hall–Kier alpha value is -2.54. The van der Waals surface area contributed by atoms with E-state index in [0.29, 0.717) is 0 Å². The molecule has 0 aliphatic heterocycles. The van der Waals surface area contributed by atoms with Gasteiger partial charge in [0.2, 0.25) is 0 Å². The number of allylic oxidation sites excluding steroid dienone is 9. The van der Waals surface area contributed by atoms with Gasteiger partial charge in [-0.15, -0.1) is 0 Å². The molecule has 1 rings (SSSR count). The van der Waals surface area contributed by atoms with Crippen molar-refractivity contribution in [2.45, 2.75) is 102 Å². The van der Waals surface area contributed by atoms with Gasteiger partial charge < -0.3 is 4.90 Å². The van der Waals surface area contributed by atoms with Crippen molar-refractivity contribution >= 4 is 0 Å². The van der Waals surface area contributed by atoms with E-state index in [1.165, 1.54) is 33.7 Å². The van der Waals surface area contributed by atoms with Crippen LogP contribution in [0.1, 0.15) is 100 Å². The van der Waals surface area contributed by atoms with Gasteiger partial charge in [0.25, 0.3) is 0 Å². The van der Waals surface area contributed by atoms with E-state index in [1.807, 2.05) is 41.5 Å². The molecule has 0 bridgehead atoms. The molecular weight excluding hydrogens is 410 g/mol. The van der Waals surface area contributed by atoms with E-state index in [9.17, 15) is 0 Å². The van der Waals surface area contributed by atoms with Gasteiger partial charge in [-0.05, 0) is 65.5 Å². The highest BCUT2D eigenvalue weighted by atomic mass is 15.1. The second-order valence-corrected chi connectivity index (χ2v) is 7.99. The molecule has 0 saturated heterocycles. The third kappa shape index (κ3) is 17.0. The van der Waals surface area contributed by atoms with Gasteiger partial charge in [0, 0.05) is 17.9 Å². The van der Waals surface area contributed by atoms with Crippen molar-refractivity contribution < 1.29 is 0 Å². The topological polar surface area (TPSA) is 3.24 Å². The molecular formula is C33H55N. The zero-order chi connectivity index (χ0) is 27.3. The minimum absolute atomic E-state index is 0.906. The van der Waals surface area contributed by atoms with E-state index < -0.39 is 0 Å². The lowest BCUT2D eigenvalue weighted by Gasteiger charge is -2.27. The van der Waals surface area contributed by atoms with Gasteiger partial charge in [-0.2, -0.15) is 0 Å². The molecule has 0 fully saturated rings. The van der Waals surface area contributed by atoms with Crippen molar-refractivity contribution in [3.63, 3.8) is 0 Å². The number of benzene rings is 1. The first-order chi connectivity index (χ1) is 16.0. The molecule has 0 atom stereocenters. The van der Waals surface area contributed by atoms with E-state index in [0.717, 1.165) is 30.5 Å². The Morgan fingerprint density at radius 3 is 1.68 bits per heavy atom. The molecule has 0 aliphatic carbocycles. The van der Waals surface area contributed by atoms with Crippen LogP contribution in [0.15, 0.2) is 95.9 Å². The van der Waals surface area contributed by atoms with Crippen LogP contribution in [0.4, 0.5) is 0 Å². The third-order valence-corrected chi connectivity index (χ3v) is 4.95. The van der Waals surface area contributed by atoms with Gasteiger partial charge in [0.1, 0.15) is 0 Å². The fourth-order valence-electron chi connectivity index (χ4n) is 2.63. The molecule has 0 spiro atoms. The maximum atomic E-state index is 4.14. The number of hydrogen-bond donors (Lipinski definition) is 0. The Kier molecular flexibility index (Phi) is 23.6. The zero-order valence-corrected chi connectivity index (χ0v) is 24.7. The Morgan fingerprint density at radius 1 is 0.824 bits per heavy atom. The lowest BCUT2D eigenvalue weighted by molar-refractivity contribution is 0.410. The molecule has 1 heteroatoms. The van der Waals surface area contributed by atoms with Crippen molar-refractivity contribution in [2.24, 2.45) is 0 Å². The first-order valence-corrected chi connectivity index (χ1v) is 12.9. The summed E-state index contributed by atoms with van der Waals surface area (Å²) in [6, 6.07) is 8.70. The van der Waals surface area contributed by atoms with Gasteiger partial charge in [-0.25, -0.2) is 0 Å². The predicted octanol–water partition coefficient (Wildman–Crippen LogP) is 11.1. The highest BCUT2D eigenvalue weighted by Gasteiger charge is 2.08. The number of hydrogen-bond acceptors (Lipinski definition) is 1. The maximum absolute atomic E-state index is 4.14. The quantitative estimate of drug-likeness (QED) is 0.328. The Balaban J connectivity index is -0.000000507. The maximum Gasteiger partial charge on any atom is 0.0474 e. The zero-order valence-electron chi connectivity index (χ0n) is 24.7. The van der Waals surface area contributed by atoms with Crippen LogP contribution in [0.25, 0.3) is 0 Å². The minimum atomic E-state index is 0.906. The number of rotatable bonds is 9. The van der Waals surface area contributed by atoms with Gasteiger partial charge in [-0.1, -0.05) is 126 Å². The SMILES string of the molecule is C=C(C)/C=C(\C=C(/C)CC)C(=C)C.C=C(CC)N(Cc1ccc(C)cc1)/C(C)=C\C.CC.CC. The highest BCUT2D eigenvalue weighted by molar-refractivity contribution is 5.42. The summed E-state index contributed by atoms with van der Waals surface area (Å²) >= 11 is 0. The van der Waals surface area contributed by atoms with Crippen LogP contribution in [-0.4, -0.2) is 4.90 Å². The van der Waals surface area contributed by atoms with Gasteiger partial charge in [0.05, 0.1) is 0 Å². The summed E-state index contributed by atoms with van der Waals surface area (Å²) < 4.78 is 0. The van der Waals surface area contributed by atoms with Crippen LogP contribution in [0.2, 0.25) is 0 Å². The van der Waals surface area contributed by atoms with Crippen molar-refractivity contribution in [1.82, 2.24) is 4.90 Å². The van der Waals surface area contributed by atoms with E-state index in [1.54, 1.807) is 0 Å². The molecule has 0 radical (unpaired) electrons. The highest BCUT2D eigenvalue weighted by Crippen LogP contribution is 2.18.